The molecule has 3 aromatic rings. The average molecular weight is 494 g/mol. The monoisotopic (exact) mass is 493 g/mol. The Kier molecular flexibility index (Phi) is 7.83. The van der Waals surface area contributed by atoms with Crippen LogP contribution in [0, 0.1) is 6.92 Å². The highest BCUT2D eigenvalue weighted by molar-refractivity contribution is 7.90. The van der Waals surface area contributed by atoms with Crippen LogP contribution in [0.1, 0.15) is 40.0 Å². The summed E-state index contributed by atoms with van der Waals surface area (Å²) in [4.78, 5) is 19.6. The molecule has 4 rings (SSSR count). The minimum Gasteiger partial charge on any atom is -0.376 e. The van der Waals surface area contributed by atoms with Crippen molar-refractivity contribution in [1.29, 1.82) is 0 Å². The maximum absolute atomic E-state index is 13.6. The van der Waals surface area contributed by atoms with Gasteiger partial charge in [-0.1, -0.05) is 54.6 Å². The fourth-order valence-corrected chi connectivity index (χ4v) is 5.88. The number of amides is 1. The zero-order valence-electron chi connectivity index (χ0n) is 20.0. The zero-order valence-corrected chi connectivity index (χ0v) is 20.8. The largest absolute Gasteiger partial charge is 0.376 e. The Morgan fingerprint density at radius 3 is 2.63 bits per heavy atom. The first-order valence-corrected chi connectivity index (χ1v) is 13.4. The Labute approximate surface area is 207 Å². The van der Waals surface area contributed by atoms with Gasteiger partial charge in [0.25, 0.3) is 5.91 Å². The first-order valence-electron chi connectivity index (χ1n) is 11.8. The van der Waals surface area contributed by atoms with E-state index in [1.807, 2.05) is 49.4 Å². The van der Waals surface area contributed by atoms with Gasteiger partial charge in [0.15, 0.2) is 0 Å². The van der Waals surface area contributed by atoms with Crippen molar-refractivity contribution in [3.63, 3.8) is 0 Å². The highest BCUT2D eigenvalue weighted by Crippen LogP contribution is 2.22. The fourth-order valence-electron chi connectivity index (χ4n) is 4.38. The number of benzene rings is 2. The first-order chi connectivity index (χ1) is 16.9. The van der Waals surface area contributed by atoms with Crippen LogP contribution in [0.3, 0.4) is 0 Å². The molecule has 0 spiro atoms. The molecule has 1 aliphatic heterocycles. The second-order valence-corrected chi connectivity index (χ2v) is 10.7. The Balaban J connectivity index is 1.65. The van der Waals surface area contributed by atoms with Gasteiger partial charge in [0.1, 0.15) is 0 Å². The Hall–Kier alpha value is -3.23. The number of imidazole rings is 1. The van der Waals surface area contributed by atoms with E-state index in [1.54, 1.807) is 33.9 Å². The van der Waals surface area contributed by atoms with E-state index in [0.29, 0.717) is 30.0 Å². The van der Waals surface area contributed by atoms with Crippen molar-refractivity contribution in [1.82, 2.24) is 14.5 Å². The van der Waals surface area contributed by atoms with Crippen molar-refractivity contribution < 1.29 is 17.9 Å². The van der Waals surface area contributed by atoms with Crippen LogP contribution < -0.4 is 0 Å². The fraction of sp³-hybridized carbons (Fsp3) is 0.333. The minimum absolute atomic E-state index is 0.0170. The molecule has 2 aromatic carbocycles. The summed E-state index contributed by atoms with van der Waals surface area (Å²) >= 11 is 0. The van der Waals surface area contributed by atoms with Crippen LogP contribution in [-0.4, -0.2) is 48.0 Å². The van der Waals surface area contributed by atoms with Crippen molar-refractivity contribution in [2.45, 2.75) is 49.9 Å². The molecule has 2 heterocycles. The molecule has 7 nitrogen and oxygen atoms in total. The average Bonchev–Trinajstić information content (AvgIpc) is 3.50. The Morgan fingerprint density at radius 2 is 1.94 bits per heavy atom. The molecule has 0 saturated carbocycles. The van der Waals surface area contributed by atoms with E-state index >= 15 is 0 Å². The summed E-state index contributed by atoms with van der Waals surface area (Å²) in [6, 6.07) is 16.5. The summed E-state index contributed by atoms with van der Waals surface area (Å²) in [5, 5.41) is -0.0170. The van der Waals surface area contributed by atoms with Gasteiger partial charge in [-0.2, -0.15) is 0 Å². The number of allylic oxidation sites excluding steroid dienone is 1. The van der Waals surface area contributed by atoms with Gasteiger partial charge in [0.05, 0.1) is 30.3 Å². The highest BCUT2D eigenvalue weighted by Gasteiger charge is 2.28. The normalized spacial score (nSPS) is 15.7. The molecule has 1 fully saturated rings. The van der Waals surface area contributed by atoms with Gasteiger partial charge in [0, 0.05) is 25.3 Å². The maximum Gasteiger partial charge on any atom is 0.254 e. The second kappa shape index (κ2) is 11.0. The van der Waals surface area contributed by atoms with E-state index in [-0.39, 0.29) is 36.0 Å². The number of sulfone groups is 1. The van der Waals surface area contributed by atoms with E-state index in [0.717, 1.165) is 18.4 Å². The van der Waals surface area contributed by atoms with E-state index in [9.17, 15) is 13.2 Å². The number of carbonyl (C=O) groups excluding carboxylic acids is 1. The minimum atomic E-state index is -3.71. The summed E-state index contributed by atoms with van der Waals surface area (Å²) in [5.41, 5.74) is 2.84. The smallest absolute Gasteiger partial charge is 0.254 e. The van der Waals surface area contributed by atoms with Crippen molar-refractivity contribution in [3.8, 4) is 0 Å². The number of hydrogen-bond acceptors (Lipinski definition) is 5. The maximum atomic E-state index is 13.6. The lowest BCUT2D eigenvalue weighted by atomic mass is 10.1. The number of aromatic nitrogens is 2. The molecule has 0 aliphatic carbocycles. The van der Waals surface area contributed by atoms with Crippen LogP contribution in [0.4, 0.5) is 0 Å². The van der Waals surface area contributed by atoms with Gasteiger partial charge in [-0.05, 0) is 37.0 Å². The number of hydrogen-bond donors (Lipinski definition) is 0. The molecule has 184 valence electrons. The molecule has 8 heteroatoms. The van der Waals surface area contributed by atoms with E-state index in [2.05, 4.69) is 11.6 Å². The second-order valence-electron chi connectivity index (χ2n) is 8.81. The number of nitrogens with zero attached hydrogens (tertiary/aromatic N) is 3. The van der Waals surface area contributed by atoms with E-state index in [4.69, 9.17) is 4.74 Å². The topological polar surface area (TPSA) is 81.5 Å². The van der Waals surface area contributed by atoms with Gasteiger partial charge >= 0.3 is 0 Å². The van der Waals surface area contributed by atoms with Crippen LogP contribution >= 0.6 is 0 Å². The molecule has 1 aromatic heterocycles. The van der Waals surface area contributed by atoms with Crippen molar-refractivity contribution in [2.24, 2.45) is 0 Å². The van der Waals surface area contributed by atoms with Gasteiger partial charge < -0.3 is 14.2 Å². The van der Waals surface area contributed by atoms with E-state index < -0.39 is 9.84 Å². The molecule has 1 atom stereocenters. The molecule has 1 aliphatic rings. The molecule has 1 amide bonds. The molecule has 1 saturated heterocycles. The molecule has 0 radical (unpaired) electrons. The number of ether oxygens (including phenoxy) is 1. The number of rotatable bonds is 10. The van der Waals surface area contributed by atoms with Gasteiger partial charge in [-0.3, -0.25) is 4.79 Å². The van der Waals surface area contributed by atoms with Gasteiger partial charge in [-0.25, -0.2) is 13.4 Å². The third-order valence-corrected chi connectivity index (χ3v) is 7.75. The third kappa shape index (κ3) is 5.89. The lowest BCUT2D eigenvalue weighted by molar-refractivity contribution is 0.0501. The van der Waals surface area contributed by atoms with Crippen LogP contribution in [-0.2, 0) is 33.4 Å². The number of aryl methyl sites for hydroxylation is 1. The number of carbonyl (C=O) groups is 1. The van der Waals surface area contributed by atoms with Crippen molar-refractivity contribution in [2.75, 3.05) is 13.2 Å². The van der Waals surface area contributed by atoms with Gasteiger partial charge in [-0.15, -0.1) is 6.58 Å². The summed E-state index contributed by atoms with van der Waals surface area (Å²) in [5.74, 6) is -0.262. The molecular formula is C27H31N3O4S. The predicted molar refractivity (Wildman–Crippen MR) is 135 cm³/mol. The molecule has 0 N–H and O–H groups in total. The Morgan fingerprint density at radius 1 is 1.20 bits per heavy atom. The molecule has 0 unspecified atom stereocenters. The lowest BCUT2D eigenvalue weighted by Crippen LogP contribution is -2.38. The Bertz CT molecular complexity index is 1280. The quantitative estimate of drug-likeness (QED) is 0.396. The zero-order chi connectivity index (χ0) is 24.8. The standard InChI is InChI=1S/C27H31N3O4S/c1-3-15-30-23(17-28-27(30)35(32,33)20-22-11-5-4-6-12-22)18-29(19-24-13-9-16-34-24)26(31)25-14-8-7-10-21(25)2/h3-8,10-12,14,17,24H,1,9,13,15-16,18-20H2,2H3/t24-/m1/s1. The lowest BCUT2D eigenvalue weighted by Gasteiger charge is -2.26. The summed E-state index contributed by atoms with van der Waals surface area (Å²) < 4.78 is 34.0. The SMILES string of the molecule is C=CCn1c(CN(C[C@H]2CCCO2)C(=O)c2ccccc2C)cnc1S(=O)(=O)Cc1ccccc1. The van der Waals surface area contributed by atoms with Crippen LogP contribution in [0.25, 0.3) is 0 Å². The van der Waals surface area contributed by atoms with Crippen LogP contribution in [0.5, 0.6) is 0 Å². The summed E-state index contributed by atoms with van der Waals surface area (Å²) in [7, 11) is -3.71. The molecule has 35 heavy (non-hydrogen) atoms. The first kappa shape index (κ1) is 24.9. The third-order valence-electron chi connectivity index (χ3n) is 6.15. The highest BCUT2D eigenvalue weighted by atomic mass is 32.2. The van der Waals surface area contributed by atoms with Crippen molar-refractivity contribution in [3.05, 3.63) is 95.8 Å². The van der Waals surface area contributed by atoms with Crippen LogP contribution in [0.15, 0.2) is 78.6 Å². The van der Waals surface area contributed by atoms with Gasteiger partial charge in [0.2, 0.25) is 15.0 Å². The molecular weight excluding hydrogens is 462 g/mol. The predicted octanol–water partition coefficient (Wildman–Crippen LogP) is 4.17. The van der Waals surface area contributed by atoms with Crippen molar-refractivity contribution >= 4 is 15.7 Å². The summed E-state index contributed by atoms with van der Waals surface area (Å²) in [6.07, 6.45) is 5.00. The molecule has 0 bridgehead atoms. The van der Waals surface area contributed by atoms with E-state index in [1.165, 1.54) is 0 Å². The van der Waals surface area contributed by atoms with Crippen LogP contribution in [0.2, 0.25) is 0 Å². The summed E-state index contributed by atoms with van der Waals surface area (Å²) in [6.45, 7) is 7.31.